The molecule has 0 aromatic heterocycles. The van der Waals surface area contributed by atoms with Gasteiger partial charge in [0.1, 0.15) is 5.60 Å². The van der Waals surface area contributed by atoms with E-state index in [0.29, 0.717) is 24.0 Å². The summed E-state index contributed by atoms with van der Waals surface area (Å²) < 4.78 is 0. The topological polar surface area (TPSA) is 37.3 Å². The first-order chi connectivity index (χ1) is 11.0. The lowest BCUT2D eigenvalue weighted by atomic mass is 9.55. The fourth-order valence-corrected chi connectivity index (χ4v) is 5.96. The number of aliphatic hydroxyl groups is 1. The van der Waals surface area contributed by atoms with Crippen LogP contribution < -0.4 is 0 Å². The lowest BCUT2D eigenvalue weighted by Crippen LogP contribution is -2.49. The Morgan fingerprint density at radius 3 is 2.78 bits per heavy atom. The highest BCUT2D eigenvalue weighted by atomic mass is 16.3. The van der Waals surface area contributed by atoms with Crippen LogP contribution in [0, 0.1) is 29.1 Å². The molecule has 4 atom stereocenters. The van der Waals surface area contributed by atoms with E-state index in [9.17, 15) is 9.90 Å². The molecule has 4 rings (SSSR count). The first-order valence-electron chi connectivity index (χ1n) is 9.10. The van der Waals surface area contributed by atoms with Crippen LogP contribution in [0.15, 0.2) is 22.8 Å². The van der Waals surface area contributed by atoms with Crippen LogP contribution in [0.3, 0.4) is 0 Å². The van der Waals surface area contributed by atoms with E-state index in [1.165, 1.54) is 11.1 Å². The summed E-state index contributed by atoms with van der Waals surface area (Å²) in [6.07, 6.45) is 9.72. The smallest absolute Gasteiger partial charge is 0.156 e. The van der Waals surface area contributed by atoms with Gasteiger partial charge in [0.25, 0.3) is 0 Å². The third-order valence-corrected chi connectivity index (χ3v) is 7.22. The Balaban J connectivity index is 1.74. The number of allylic oxidation sites excluding steroid dienone is 4. The normalized spacial score (nSPS) is 42.2. The highest BCUT2D eigenvalue weighted by Gasteiger charge is 2.60. The van der Waals surface area contributed by atoms with E-state index in [-0.39, 0.29) is 5.41 Å². The van der Waals surface area contributed by atoms with Crippen molar-refractivity contribution in [3.05, 3.63) is 22.8 Å². The van der Waals surface area contributed by atoms with Crippen LogP contribution in [0.4, 0.5) is 0 Å². The van der Waals surface area contributed by atoms with Gasteiger partial charge in [-0.15, -0.1) is 5.92 Å². The number of ketones is 1. The standard InChI is InChI=1S/C21H26O2/c1-3-10-21(23)12-9-19-18-6-4-14-13-15(22)5-7-16(14)17(18)8-11-20(19,21)2/h13,18-19,23H,4-9,11-12H2,1-2H3. The maximum absolute atomic E-state index is 11.7. The Labute approximate surface area is 139 Å². The summed E-state index contributed by atoms with van der Waals surface area (Å²) in [6, 6.07) is 0. The summed E-state index contributed by atoms with van der Waals surface area (Å²) >= 11 is 0. The quantitative estimate of drug-likeness (QED) is 0.688. The van der Waals surface area contributed by atoms with Crippen molar-refractivity contribution in [2.45, 2.75) is 70.8 Å². The van der Waals surface area contributed by atoms with Gasteiger partial charge in [-0.3, -0.25) is 4.79 Å². The van der Waals surface area contributed by atoms with Crippen molar-refractivity contribution >= 4 is 5.78 Å². The Hall–Kier alpha value is -1.33. The van der Waals surface area contributed by atoms with Crippen molar-refractivity contribution in [1.82, 2.24) is 0 Å². The third-order valence-electron chi connectivity index (χ3n) is 7.22. The van der Waals surface area contributed by atoms with Gasteiger partial charge in [0.15, 0.2) is 5.78 Å². The fraction of sp³-hybridized carbons (Fsp3) is 0.667. The molecule has 2 saturated carbocycles. The molecule has 0 heterocycles. The number of carbonyl (C=O) groups is 1. The van der Waals surface area contributed by atoms with Gasteiger partial charge in [-0.25, -0.2) is 0 Å². The van der Waals surface area contributed by atoms with Crippen molar-refractivity contribution in [3.63, 3.8) is 0 Å². The van der Waals surface area contributed by atoms with Crippen LogP contribution in [0.2, 0.25) is 0 Å². The summed E-state index contributed by atoms with van der Waals surface area (Å²) in [6.45, 7) is 4.10. The number of carbonyl (C=O) groups excluding carboxylic acids is 1. The molecule has 2 heteroatoms. The van der Waals surface area contributed by atoms with Gasteiger partial charge in [-0.2, -0.15) is 0 Å². The highest BCUT2D eigenvalue weighted by molar-refractivity contribution is 5.93. The molecule has 122 valence electrons. The van der Waals surface area contributed by atoms with Crippen LogP contribution in [-0.4, -0.2) is 16.5 Å². The van der Waals surface area contributed by atoms with E-state index in [4.69, 9.17) is 0 Å². The molecule has 4 aliphatic rings. The molecule has 0 aliphatic heterocycles. The molecule has 4 unspecified atom stereocenters. The minimum atomic E-state index is -0.804. The molecular weight excluding hydrogens is 284 g/mol. The minimum Gasteiger partial charge on any atom is -0.377 e. The van der Waals surface area contributed by atoms with Crippen molar-refractivity contribution in [1.29, 1.82) is 0 Å². The van der Waals surface area contributed by atoms with Gasteiger partial charge < -0.3 is 5.11 Å². The van der Waals surface area contributed by atoms with E-state index in [1.807, 2.05) is 13.0 Å². The first kappa shape index (κ1) is 15.2. The van der Waals surface area contributed by atoms with Crippen LogP contribution in [0.5, 0.6) is 0 Å². The molecule has 0 spiro atoms. The molecule has 2 nitrogen and oxygen atoms in total. The van der Waals surface area contributed by atoms with Crippen molar-refractivity contribution in [3.8, 4) is 11.8 Å². The predicted octanol–water partition coefficient (Wildman–Crippen LogP) is 3.95. The van der Waals surface area contributed by atoms with E-state index in [1.54, 1.807) is 5.57 Å². The highest BCUT2D eigenvalue weighted by Crippen LogP contribution is 2.63. The number of hydrogen-bond acceptors (Lipinski definition) is 2. The van der Waals surface area contributed by atoms with Gasteiger partial charge in [0.2, 0.25) is 0 Å². The Morgan fingerprint density at radius 1 is 1.17 bits per heavy atom. The second kappa shape index (κ2) is 5.08. The molecule has 23 heavy (non-hydrogen) atoms. The minimum absolute atomic E-state index is 0.0730. The molecule has 2 fully saturated rings. The number of fused-ring (bicyclic) bond motifs is 4. The second-order valence-electron chi connectivity index (χ2n) is 8.08. The van der Waals surface area contributed by atoms with Gasteiger partial charge >= 0.3 is 0 Å². The summed E-state index contributed by atoms with van der Waals surface area (Å²) in [7, 11) is 0. The molecule has 0 bridgehead atoms. The average Bonchev–Trinajstić information content (AvgIpc) is 2.79. The molecule has 0 aromatic rings. The summed E-state index contributed by atoms with van der Waals surface area (Å²) in [5.41, 5.74) is 3.56. The van der Waals surface area contributed by atoms with Gasteiger partial charge in [0.05, 0.1) is 0 Å². The van der Waals surface area contributed by atoms with E-state index in [2.05, 4.69) is 18.8 Å². The Kier molecular flexibility index (Phi) is 3.36. The van der Waals surface area contributed by atoms with Crippen LogP contribution in [0.25, 0.3) is 0 Å². The average molecular weight is 310 g/mol. The van der Waals surface area contributed by atoms with E-state index in [0.717, 1.165) is 44.9 Å². The summed E-state index contributed by atoms with van der Waals surface area (Å²) in [5, 5.41) is 11.2. The van der Waals surface area contributed by atoms with Crippen LogP contribution >= 0.6 is 0 Å². The molecule has 0 radical (unpaired) electrons. The van der Waals surface area contributed by atoms with Gasteiger partial charge in [0, 0.05) is 11.8 Å². The molecule has 0 aromatic carbocycles. The van der Waals surface area contributed by atoms with Crippen LogP contribution in [0.1, 0.15) is 65.2 Å². The summed E-state index contributed by atoms with van der Waals surface area (Å²) in [5.74, 6) is 7.57. The zero-order chi connectivity index (χ0) is 16.2. The zero-order valence-corrected chi connectivity index (χ0v) is 14.2. The molecule has 0 saturated heterocycles. The van der Waals surface area contributed by atoms with E-state index < -0.39 is 5.60 Å². The Morgan fingerprint density at radius 2 is 2.00 bits per heavy atom. The predicted molar refractivity (Wildman–Crippen MR) is 90.5 cm³/mol. The maximum atomic E-state index is 11.7. The zero-order valence-electron chi connectivity index (χ0n) is 14.2. The van der Waals surface area contributed by atoms with Crippen molar-refractivity contribution in [2.75, 3.05) is 0 Å². The van der Waals surface area contributed by atoms with Crippen molar-refractivity contribution < 1.29 is 9.90 Å². The monoisotopic (exact) mass is 310 g/mol. The van der Waals surface area contributed by atoms with Crippen molar-refractivity contribution in [2.24, 2.45) is 17.3 Å². The lowest BCUT2D eigenvalue weighted by molar-refractivity contribution is -0.114. The number of hydrogen-bond donors (Lipinski definition) is 1. The largest absolute Gasteiger partial charge is 0.377 e. The van der Waals surface area contributed by atoms with E-state index >= 15 is 0 Å². The first-order valence-corrected chi connectivity index (χ1v) is 9.10. The van der Waals surface area contributed by atoms with Gasteiger partial charge in [-0.05, 0) is 80.9 Å². The molecular formula is C21H26O2. The fourth-order valence-electron chi connectivity index (χ4n) is 5.96. The molecule has 0 amide bonds. The lowest BCUT2D eigenvalue weighted by Gasteiger charge is -2.50. The Bertz CT molecular complexity index is 686. The van der Waals surface area contributed by atoms with Crippen LogP contribution in [-0.2, 0) is 4.79 Å². The molecule has 1 N–H and O–H groups in total. The summed E-state index contributed by atoms with van der Waals surface area (Å²) in [4.78, 5) is 11.7. The molecule has 4 aliphatic carbocycles. The second-order valence-corrected chi connectivity index (χ2v) is 8.08. The third kappa shape index (κ3) is 2.02. The number of rotatable bonds is 0. The van der Waals surface area contributed by atoms with Gasteiger partial charge in [-0.1, -0.05) is 18.4 Å². The maximum Gasteiger partial charge on any atom is 0.156 e. The SMILES string of the molecule is CC#CC1(O)CCC2C3CCC4=CC(=O)CCC4=C3CCC21C.